The van der Waals surface area contributed by atoms with E-state index in [4.69, 9.17) is 0 Å². The molecule has 0 radical (unpaired) electrons. The van der Waals surface area contributed by atoms with Crippen LogP contribution >= 0.6 is 0 Å². The summed E-state index contributed by atoms with van der Waals surface area (Å²) in [6.45, 7) is 6.42. The van der Waals surface area contributed by atoms with E-state index in [0.29, 0.717) is 0 Å². The van der Waals surface area contributed by atoms with Crippen LogP contribution in [0.5, 0.6) is 0 Å². The number of hydrogen-bond acceptors (Lipinski definition) is 4. The van der Waals surface area contributed by atoms with Crippen LogP contribution in [-0.2, 0) is 10.2 Å². The van der Waals surface area contributed by atoms with Crippen molar-refractivity contribution in [2.75, 3.05) is 43.4 Å². The maximum atomic E-state index is 13.0. The van der Waals surface area contributed by atoms with E-state index in [1.807, 2.05) is 6.07 Å². The number of aryl methyl sites for hydroxylation is 1. The molecule has 1 saturated heterocycles. The molecule has 0 bridgehead atoms. The van der Waals surface area contributed by atoms with E-state index in [-0.39, 0.29) is 11.8 Å². The molecule has 2 fully saturated rings. The average Bonchev–Trinajstić information content (AvgIpc) is 3.40. The maximum Gasteiger partial charge on any atom is 0.235 e. The molecular formula is C29H29N5O. The number of aromatic amines is 1. The number of amides is 1. The lowest BCUT2D eigenvalue weighted by molar-refractivity contribution is -0.118. The van der Waals surface area contributed by atoms with Gasteiger partial charge in [-0.25, -0.2) is 0 Å². The van der Waals surface area contributed by atoms with Gasteiger partial charge in [0.15, 0.2) is 0 Å². The van der Waals surface area contributed by atoms with E-state index in [1.54, 1.807) is 0 Å². The van der Waals surface area contributed by atoms with Gasteiger partial charge in [-0.1, -0.05) is 42.0 Å². The molecule has 1 aromatic heterocycles. The summed E-state index contributed by atoms with van der Waals surface area (Å²) in [5, 5.41) is 12.1. The Balaban J connectivity index is 1.17. The second kappa shape index (κ2) is 7.43. The number of H-pyrrole nitrogens is 1. The number of piperazine rings is 1. The summed E-state index contributed by atoms with van der Waals surface area (Å²) >= 11 is 0. The fraction of sp³-hybridized carbons (Fsp3) is 0.310. The molecule has 2 atom stereocenters. The molecule has 1 amide bonds. The summed E-state index contributed by atoms with van der Waals surface area (Å²) in [6.07, 6.45) is 0.857. The molecule has 3 aliphatic rings. The third-order valence-corrected chi connectivity index (χ3v) is 8.27. The van der Waals surface area contributed by atoms with Crippen LogP contribution in [0.4, 0.5) is 11.4 Å². The van der Waals surface area contributed by atoms with Crippen molar-refractivity contribution in [3.63, 3.8) is 0 Å². The number of benzene rings is 3. The van der Waals surface area contributed by atoms with Crippen molar-refractivity contribution in [3.05, 3.63) is 77.4 Å². The zero-order valence-electron chi connectivity index (χ0n) is 20.1. The van der Waals surface area contributed by atoms with Crippen LogP contribution in [0.2, 0.25) is 0 Å². The van der Waals surface area contributed by atoms with Gasteiger partial charge in [0.05, 0.1) is 16.6 Å². The lowest BCUT2D eigenvalue weighted by Gasteiger charge is -2.34. The minimum Gasteiger partial charge on any atom is -0.369 e. The van der Waals surface area contributed by atoms with Crippen LogP contribution in [0.25, 0.3) is 22.2 Å². The largest absolute Gasteiger partial charge is 0.369 e. The van der Waals surface area contributed by atoms with E-state index in [2.05, 4.69) is 93.9 Å². The zero-order valence-corrected chi connectivity index (χ0v) is 20.1. The molecule has 35 heavy (non-hydrogen) atoms. The fourth-order valence-corrected chi connectivity index (χ4v) is 6.08. The lowest BCUT2D eigenvalue weighted by Crippen LogP contribution is -2.44. The Bertz CT molecular complexity index is 1460. The van der Waals surface area contributed by atoms with E-state index in [1.165, 1.54) is 16.8 Å². The second-order valence-corrected chi connectivity index (χ2v) is 10.4. The molecule has 7 rings (SSSR count). The summed E-state index contributed by atoms with van der Waals surface area (Å²) < 4.78 is 0. The van der Waals surface area contributed by atoms with E-state index in [9.17, 15) is 4.79 Å². The number of carbonyl (C=O) groups excluding carboxylic acids is 1. The molecular weight excluding hydrogens is 434 g/mol. The molecule has 6 nitrogen and oxygen atoms in total. The number of hydrogen-bond donors (Lipinski definition) is 2. The molecule has 4 aromatic rings. The van der Waals surface area contributed by atoms with E-state index < -0.39 is 5.41 Å². The molecule has 3 heterocycles. The standard InChI is InChI=1S/C29H29N5O/c1-18-3-10-25-23(15-18)29(28(35)30-25)17-24(29)20-6-9-22-26(16-20)31-32-27(22)19-4-7-21(8-5-19)34-13-11-33(2)12-14-34/h3-10,15-16,24H,11-14,17H2,1-2H3,(H,30,35)(H,31,32)/t24-,29+/m0/s1. The highest BCUT2D eigenvalue weighted by molar-refractivity contribution is 6.10. The van der Waals surface area contributed by atoms with Gasteiger partial charge in [0, 0.05) is 54.4 Å². The summed E-state index contributed by atoms with van der Waals surface area (Å²) in [5.41, 5.74) is 8.47. The Morgan fingerprint density at radius 2 is 1.77 bits per heavy atom. The Kier molecular flexibility index (Phi) is 4.39. The smallest absolute Gasteiger partial charge is 0.235 e. The van der Waals surface area contributed by atoms with Crippen LogP contribution in [-0.4, -0.2) is 54.2 Å². The van der Waals surface area contributed by atoms with Gasteiger partial charge < -0.3 is 15.1 Å². The van der Waals surface area contributed by atoms with Gasteiger partial charge in [-0.3, -0.25) is 9.89 Å². The number of likely N-dealkylation sites (N-methyl/N-ethyl adjacent to an activating group) is 1. The second-order valence-electron chi connectivity index (χ2n) is 10.4. The normalized spacial score (nSPS) is 23.7. The number of anilines is 2. The third-order valence-electron chi connectivity index (χ3n) is 8.27. The number of rotatable bonds is 3. The number of fused-ring (bicyclic) bond motifs is 3. The van der Waals surface area contributed by atoms with Crippen LogP contribution in [0, 0.1) is 6.92 Å². The minimum atomic E-state index is -0.420. The van der Waals surface area contributed by atoms with Crippen molar-refractivity contribution in [1.82, 2.24) is 15.1 Å². The Hall–Kier alpha value is -3.64. The molecule has 176 valence electrons. The molecule has 1 spiro atoms. The monoisotopic (exact) mass is 463 g/mol. The van der Waals surface area contributed by atoms with Crippen molar-refractivity contribution < 1.29 is 4.79 Å². The first-order valence-electron chi connectivity index (χ1n) is 12.5. The molecule has 2 N–H and O–H groups in total. The Labute approximate surface area is 204 Å². The molecule has 3 aromatic carbocycles. The van der Waals surface area contributed by atoms with Gasteiger partial charge in [-0.15, -0.1) is 0 Å². The quantitative estimate of drug-likeness (QED) is 0.464. The van der Waals surface area contributed by atoms with Crippen molar-refractivity contribution in [2.24, 2.45) is 0 Å². The van der Waals surface area contributed by atoms with E-state index in [0.717, 1.165) is 66.0 Å². The van der Waals surface area contributed by atoms with Crippen molar-refractivity contribution in [3.8, 4) is 11.3 Å². The van der Waals surface area contributed by atoms with Gasteiger partial charge in [0.25, 0.3) is 0 Å². The lowest BCUT2D eigenvalue weighted by atomic mass is 9.91. The molecule has 2 aliphatic heterocycles. The van der Waals surface area contributed by atoms with E-state index >= 15 is 0 Å². The predicted molar refractivity (Wildman–Crippen MR) is 140 cm³/mol. The first kappa shape index (κ1) is 20.7. The van der Waals surface area contributed by atoms with Crippen molar-refractivity contribution >= 4 is 28.2 Å². The van der Waals surface area contributed by atoms with Crippen LogP contribution in [0.15, 0.2) is 60.7 Å². The zero-order chi connectivity index (χ0) is 23.7. The summed E-state index contributed by atoms with van der Waals surface area (Å²) in [7, 11) is 2.18. The summed E-state index contributed by atoms with van der Waals surface area (Å²) in [5.74, 6) is 0.332. The highest BCUT2D eigenvalue weighted by atomic mass is 16.2. The highest BCUT2D eigenvalue weighted by Gasteiger charge is 2.65. The van der Waals surface area contributed by atoms with Crippen LogP contribution < -0.4 is 10.2 Å². The first-order chi connectivity index (χ1) is 17.0. The van der Waals surface area contributed by atoms with Gasteiger partial charge in [0.1, 0.15) is 0 Å². The predicted octanol–water partition coefficient (Wildman–Crippen LogP) is 4.67. The molecule has 6 heteroatoms. The SMILES string of the molecule is Cc1ccc2c(c1)[C@@]1(C[C@H]1c1ccc3c(-c4ccc(N5CCN(C)CC5)cc4)n[nH]c3c1)C(=O)N2. The van der Waals surface area contributed by atoms with Crippen molar-refractivity contribution in [1.29, 1.82) is 0 Å². The van der Waals surface area contributed by atoms with Crippen molar-refractivity contribution in [2.45, 2.75) is 24.7 Å². The highest BCUT2D eigenvalue weighted by Crippen LogP contribution is 2.65. The third kappa shape index (κ3) is 3.13. The van der Waals surface area contributed by atoms with Gasteiger partial charge in [-0.05, 0) is 55.8 Å². The van der Waals surface area contributed by atoms with Gasteiger partial charge in [0.2, 0.25) is 5.91 Å². The summed E-state index contributed by atoms with van der Waals surface area (Å²) in [6, 6.07) is 21.6. The fourth-order valence-electron chi connectivity index (χ4n) is 6.08. The first-order valence-corrected chi connectivity index (χ1v) is 12.5. The minimum absolute atomic E-state index is 0.133. The van der Waals surface area contributed by atoms with Gasteiger partial charge in [-0.2, -0.15) is 5.10 Å². The van der Waals surface area contributed by atoms with Gasteiger partial charge >= 0.3 is 0 Å². The Morgan fingerprint density at radius 3 is 2.57 bits per heavy atom. The number of carbonyl (C=O) groups is 1. The average molecular weight is 464 g/mol. The molecule has 1 aliphatic carbocycles. The molecule has 0 unspecified atom stereocenters. The topological polar surface area (TPSA) is 64.3 Å². The number of nitrogens with one attached hydrogen (secondary N) is 2. The Morgan fingerprint density at radius 1 is 0.971 bits per heavy atom. The summed E-state index contributed by atoms with van der Waals surface area (Å²) in [4.78, 5) is 17.8. The molecule has 1 saturated carbocycles. The van der Waals surface area contributed by atoms with Crippen LogP contribution in [0.3, 0.4) is 0 Å². The number of aromatic nitrogens is 2. The number of nitrogens with zero attached hydrogens (tertiary/aromatic N) is 3. The van der Waals surface area contributed by atoms with Crippen LogP contribution in [0.1, 0.15) is 29.0 Å². The maximum absolute atomic E-state index is 13.0.